The summed E-state index contributed by atoms with van der Waals surface area (Å²) < 4.78 is 10.9. The molecule has 0 aliphatic heterocycles. The van der Waals surface area contributed by atoms with Crippen molar-refractivity contribution in [3.8, 4) is 23.8 Å². The number of nitro benzene ring substituents is 1. The number of nitrogens with zero attached hydrogens (tertiary/aromatic N) is 2. The van der Waals surface area contributed by atoms with Gasteiger partial charge >= 0.3 is 0 Å². The summed E-state index contributed by atoms with van der Waals surface area (Å²) >= 11 is 0. The zero-order chi connectivity index (χ0) is 19.6. The Morgan fingerprint density at radius 1 is 1.26 bits per heavy atom. The number of ether oxygens (including phenoxy) is 2. The van der Waals surface area contributed by atoms with Crippen molar-refractivity contribution in [2.24, 2.45) is 5.10 Å². The largest absolute Gasteiger partial charge is 0.490 e. The SMILES string of the molecule is C#CCOc1ccc(/C=N\NC(=O)c2ccc([N+](=O)[O-])cc2)cc1OCC. The Hall–Kier alpha value is -3.86. The number of benzene rings is 2. The summed E-state index contributed by atoms with van der Waals surface area (Å²) in [5.41, 5.74) is 3.20. The van der Waals surface area contributed by atoms with Gasteiger partial charge in [-0.2, -0.15) is 5.10 Å². The van der Waals surface area contributed by atoms with Crippen LogP contribution in [0.2, 0.25) is 0 Å². The number of non-ortho nitro benzene ring substituents is 1. The van der Waals surface area contributed by atoms with Crippen LogP contribution in [-0.4, -0.2) is 30.3 Å². The highest BCUT2D eigenvalue weighted by Crippen LogP contribution is 2.27. The van der Waals surface area contributed by atoms with E-state index < -0.39 is 10.8 Å². The normalized spacial score (nSPS) is 10.2. The molecule has 0 aromatic heterocycles. The lowest BCUT2D eigenvalue weighted by Gasteiger charge is -2.10. The third-order valence-corrected chi connectivity index (χ3v) is 3.30. The molecule has 0 aliphatic rings. The molecule has 27 heavy (non-hydrogen) atoms. The first kappa shape index (κ1) is 19.5. The van der Waals surface area contributed by atoms with E-state index >= 15 is 0 Å². The van der Waals surface area contributed by atoms with Gasteiger partial charge in [-0.05, 0) is 42.8 Å². The molecule has 8 heteroatoms. The fourth-order valence-corrected chi connectivity index (χ4v) is 2.08. The number of hydrazone groups is 1. The summed E-state index contributed by atoms with van der Waals surface area (Å²) in [7, 11) is 0. The Balaban J connectivity index is 2.04. The van der Waals surface area contributed by atoms with E-state index in [0.29, 0.717) is 23.7 Å². The number of nitro groups is 1. The molecule has 138 valence electrons. The first-order valence-corrected chi connectivity index (χ1v) is 7.96. The van der Waals surface area contributed by atoms with Crippen molar-refractivity contribution in [2.45, 2.75) is 6.92 Å². The molecule has 0 saturated heterocycles. The van der Waals surface area contributed by atoms with Gasteiger partial charge in [0.15, 0.2) is 11.5 Å². The molecule has 0 atom stereocenters. The molecule has 0 unspecified atom stereocenters. The van der Waals surface area contributed by atoms with Crippen molar-refractivity contribution < 1.29 is 19.2 Å². The number of rotatable bonds is 8. The third-order valence-electron chi connectivity index (χ3n) is 3.30. The fourth-order valence-electron chi connectivity index (χ4n) is 2.08. The summed E-state index contributed by atoms with van der Waals surface area (Å²) in [6, 6.07) is 10.3. The van der Waals surface area contributed by atoms with Crippen molar-refractivity contribution in [2.75, 3.05) is 13.2 Å². The van der Waals surface area contributed by atoms with Crippen molar-refractivity contribution >= 4 is 17.8 Å². The van der Waals surface area contributed by atoms with Crippen LogP contribution in [0.4, 0.5) is 5.69 Å². The number of carbonyl (C=O) groups is 1. The summed E-state index contributed by atoms with van der Waals surface area (Å²) in [4.78, 5) is 22.1. The minimum atomic E-state index is -0.535. The number of hydrogen-bond donors (Lipinski definition) is 1. The molecule has 0 bridgehead atoms. The zero-order valence-electron chi connectivity index (χ0n) is 14.5. The molecular weight excluding hydrogens is 350 g/mol. The topological polar surface area (TPSA) is 103 Å². The van der Waals surface area contributed by atoms with Crippen LogP contribution in [0.3, 0.4) is 0 Å². The van der Waals surface area contributed by atoms with Crippen LogP contribution in [0.25, 0.3) is 0 Å². The maximum absolute atomic E-state index is 12.0. The van der Waals surface area contributed by atoms with E-state index in [-0.39, 0.29) is 17.9 Å². The molecule has 2 aromatic carbocycles. The lowest BCUT2D eigenvalue weighted by Crippen LogP contribution is -2.17. The molecule has 0 spiro atoms. The highest BCUT2D eigenvalue weighted by molar-refractivity contribution is 5.95. The molecule has 0 heterocycles. The number of hydrogen-bond acceptors (Lipinski definition) is 6. The Morgan fingerprint density at radius 3 is 2.63 bits per heavy atom. The van der Waals surface area contributed by atoms with Crippen LogP contribution in [0, 0.1) is 22.5 Å². The van der Waals surface area contributed by atoms with Crippen LogP contribution in [0.15, 0.2) is 47.6 Å². The Labute approximate surface area is 155 Å². The van der Waals surface area contributed by atoms with Crippen molar-refractivity contribution in [3.63, 3.8) is 0 Å². The number of terminal acetylenes is 1. The quantitative estimate of drug-likeness (QED) is 0.334. The predicted octanol–water partition coefficient (Wildman–Crippen LogP) is 2.77. The van der Waals surface area contributed by atoms with Gasteiger partial charge < -0.3 is 9.47 Å². The minimum absolute atomic E-state index is 0.0920. The van der Waals surface area contributed by atoms with Gasteiger partial charge in [-0.3, -0.25) is 14.9 Å². The molecule has 8 nitrogen and oxygen atoms in total. The van der Waals surface area contributed by atoms with Crippen LogP contribution >= 0.6 is 0 Å². The van der Waals surface area contributed by atoms with E-state index in [0.717, 1.165) is 0 Å². The van der Waals surface area contributed by atoms with Gasteiger partial charge in [-0.1, -0.05) is 5.92 Å². The van der Waals surface area contributed by atoms with Gasteiger partial charge in [-0.25, -0.2) is 5.43 Å². The smallest absolute Gasteiger partial charge is 0.271 e. The van der Waals surface area contributed by atoms with Gasteiger partial charge in [-0.15, -0.1) is 6.42 Å². The summed E-state index contributed by atoms with van der Waals surface area (Å²) in [5, 5.41) is 14.5. The highest BCUT2D eigenvalue weighted by atomic mass is 16.6. The van der Waals surface area contributed by atoms with Crippen LogP contribution in [0.1, 0.15) is 22.8 Å². The lowest BCUT2D eigenvalue weighted by molar-refractivity contribution is -0.384. The van der Waals surface area contributed by atoms with Gasteiger partial charge in [0.05, 0.1) is 17.7 Å². The highest BCUT2D eigenvalue weighted by Gasteiger charge is 2.09. The van der Waals surface area contributed by atoms with Crippen LogP contribution < -0.4 is 14.9 Å². The maximum Gasteiger partial charge on any atom is 0.271 e. The Morgan fingerprint density at radius 2 is 2.00 bits per heavy atom. The van der Waals surface area contributed by atoms with Gasteiger partial charge in [0.25, 0.3) is 11.6 Å². The molecule has 2 aromatic rings. The first-order chi connectivity index (χ1) is 13.0. The lowest BCUT2D eigenvalue weighted by atomic mass is 10.2. The molecule has 0 fully saturated rings. The van der Waals surface area contributed by atoms with Crippen LogP contribution in [0.5, 0.6) is 11.5 Å². The minimum Gasteiger partial charge on any atom is -0.490 e. The Kier molecular flexibility index (Phi) is 6.91. The fraction of sp³-hybridized carbons (Fsp3) is 0.158. The predicted molar refractivity (Wildman–Crippen MR) is 100 cm³/mol. The molecule has 0 saturated carbocycles. The van der Waals surface area contributed by atoms with E-state index in [2.05, 4.69) is 16.4 Å². The van der Waals surface area contributed by atoms with E-state index in [1.54, 1.807) is 18.2 Å². The van der Waals surface area contributed by atoms with Crippen molar-refractivity contribution in [3.05, 3.63) is 63.7 Å². The Bertz CT molecular complexity index is 885. The van der Waals surface area contributed by atoms with E-state index in [9.17, 15) is 14.9 Å². The summed E-state index contributed by atoms with van der Waals surface area (Å²) in [5.74, 6) is 2.93. The number of carbonyl (C=O) groups excluding carboxylic acids is 1. The second kappa shape index (κ2) is 9.58. The zero-order valence-corrected chi connectivity index (χ0v) is 14.5. The summed E-state index contributed by atoms with van der Waals surface area (Å²) in [6.07, 6.45) is 6.63. The van der Waals surface area contributed by atoms with Crippen molar-refractivity contribution in [1.82, 2.24) is 5.43 Å². The van der Waals surface area contributed by atoms with E-state index in [4.69, 9.17) is 15.9 Å². The van der Waals surface area contributed by atoms with E-state index in [1.807, 2.05) is 6.92 Å². The monoisotopic (exact) mass is 367 g/mol. The molecule has 1 amide bonds. The molecular formula is C19H17N3O5. The third kappa shape index (κ3) is 5.57. The van der Waals surface area contributed by atoms with Crippen molar-refractivity contribution in [1.29, 1.82) is 0 Å². The maximum atomic E-state index is 12.0. The molecule has 0 aliphatic carbocycles. The second-order valence-corrected chi connectivity index (χ2v) is 5.14. The number of nitrogens with one attached hydrogen (secondary N) is 1. The molecule has 1 N–H and O–H groups in total. The summed E-state index contributed by atoms with van der Waals surface area (Å²) in [6.45, 7) is 2.42. The van der Waals surface area contributed by atoms with Gasteiger partial charge in [0.1, 0.15) is 6.61 Å². The second-order valence-electron chi connectivity index (χ2n) is 5.14. The van der Waals surface area contributed by atoms with Gasteiger partial charge in [0, 0.05) is 17.7 Å². The molecule has 0 radical (unpaired) electrons. The standard InChI is InChI=1S/C19H17N3O5/c1-3-11-27-17-10-5-14(12-18(17)26-4-2)13-20-21-19(23)15-6-8-16(9-7-15)22(24)25/h1,5-10,12-13H,4,11H2,2H3,(H,21,23)/b20-13-. The first-order valence-electron chi connectivity index (χ1n) is 7.96. The number of amides is 1. The molecule has 2 rings (SSSR count). The average molecular weight is 367 g/mol. The van der Waals surface area contributed by atoms with E-state index in [1.165, 1.54) is 30.5 Å². The van der Waals surface area contributed by atoms with Crippen LogP contribution in [-0.2, 0) is 0 Å². The average Bonchev–Trinajstić information content (AvgIpc) is 2.67. The van der Waals surface area contributed by atoms with Gasteiger partial charge in [0.2, 0.25) is 0 Å².